The van der Waals surface area contributed by atoms with E-state index in [-0.39, 0.29) is 37.1 Å². The maximum absolute atomic E-state index is 14.8. The molecule has 11 amide bonds. The van der Waals surface area contributed by atoms with Crippen LogP contribution in [0.5, 0.6) is 0 Å². The molecule has 1 aromatic heterocycles. The standard InChI is InChI=1S/C75H106N14O22/c1-7-8-9-15-43-21-23-44(24-22-43)70(105)87-54(29-45-34-79-50-19-13-11-16-46(45)50)73(108)85-52(32-61(78)95)58(92)27-40(4)68(103)89-66-42(6)111-75(110)55(31-57(91)47-17-10-12-18-49(47)77)88-71(106)48(38(2)28-64(98)99)30-60(94)56(37-90)84-63(97)35-80-69(104)41(5)82-67(102)39(3)26-59(93)53(33-65(100)101)86-72(107)51(20-14-25-76)83-62(96)36-81-74(66)109/h10-13,16-19,34,38-44,48,51-56,66,79,90H,7-9,14-15,20-33,35-37,76-77H2,1-6H3,(H2,78,95)(H,80,104)(H,81,109)(H,82,102)(H,83,96)(H,84,97)(H,85,108)(H,86,107)(H,87,105)(H,88,106)(H,89,103)(H,98,99)(H,100,101)/t38-,39+,40-,41+,42-,43?,44?,48+,51+,52-,53+,54+,55+,56-,66+/m1/s1. The molecular formula is C75H106N14O22. The Hall–Kier alpha value is -11.0. The molecule has 36 nitrogen and oxygen atoms in total. The van der Waals surface area contributed by atoms with Gasteiger partial charge in [-0.15, -0.1) is 0 Å². The number of carbonyl (C=O) groups is 18. The summed E-state index contributed by atoms with van der Waals surface area (Å²) in [5, 5.41) is 54.6. The van der Waals surface area contributed by atoms with Crippen molar-refractivity contribution in [3.63, 3.8) is 0 Å². The van der Waals surface area contributed by atoms with E-state index in [4.69, 9.17) is 21.9 Å². The molecule has 36 heteroatoms. The number of benzene rings is 2. The zero-order valence-corrected chi connectivity index (χ0v) is 63.2. The molecule has 608 valence electrons. The Balaban J connectivity index is 1.54. The second-order valence-corrected chi connectivity index (χ2v) is 28.6. The van der Waals surface area contributed by atoms with Crippen LogP contribution >= 0.6 is 0 Å². The number of H-pyrrole nitrogens is 1. The number of aliphatic carboxylic acids is 2. The lowest BCUT2D eigenvalue weighted by molar-refractivity contribution is -0.156. The number of unbranched alkanes of at least 4 members (excludes halogenated alkanes) is 2. The normalized spacial score (nSPS) is 23.9. The van der Waals surface area contributed by atoms with Crippen LogP contribution in [0, 0.1) is 35.5 Å². The summed E-state index contributed by atoms with van der Waals surface area (Å²) in [6.45, 7) is 4.82. The number of carboxylic acid groups (broad SMARTS) is 2. The minimum absolute atomic E-state index is 0.0168. The van der Waals surface area contributed by atoms with E-state index in [2.05, 4.69) is 65.1 Å². The Morgan fingerprint density at radius 3 is 1.89 bits per heavy atom. The SMILES string of the molecule is CCCCCC1CCC(C(=O)N[C@@H](Cc2c[nH]c3ccccc23)C(=O)N[C@H](CC(N)=O)C(=O)C[C@@H](C)C(=O)N[C@@H]2C(=O)NCC(=O)N[C@@H](CCCN)C(=O)N[C@@H](CC(=O)O)C(=O)C[C@H](C)C(=O)N[C@@H](C)C(=O)NCC(=O)N[C@H](CO)C(=O)C[C@@H]([C@H](C)CC(=O)O)C(=O)N[C@@H](CC(=O)c3ccccc3N)C(=O)O[C@@H]2C)CC1. The molecule has 1 saturated heterocycles. The molecule has 2 heterocycles. The highest BCUT2D eigenvalue weighted by molar-refractivity contribution is 6.05. The Kier molecular flexibility index (Phi) is 36.4. The molecule has 2 aliphatic rings. The summed E-state index contributed by atoms with van der Waals surface area (Å²) in [5.74, 6) is -26.0. The number of primary amides is 1. The molecule has 2 aromatic carbocycles. The number of fused-ring (bicyclic) bond motifs is 1. The topological polar surface area (TPSA) is 591 Å². The first kappa shape index (κ1) is 90.6. The van der Waals surface area contributed by atoms with Gasteiger partial charge in [0, 0.05) is 90.5 Å². The molecular weight excluding hydrogens is 1450 g/mol. The number of ether oxygens (including phenoxy) is 1. The van der Waals surface area contributed by atoms with Crippen molar-refractivity contribution in [2.24, 2.45) is 47.0 Å². The highest BCUT2D eigenvalue weighted by Crippen LogP contribution is 2.33. The van der Waals surface area contributed by atoms with Crippen molar-refractivity contribution in [1.29, 1.82) is 0 Å². The van der Waals surface area contributed by atoms with E-state index in [9.17, 15) is 102 Å². The number of rotatable bonds is 29. The number of esters is 1. The second-order valence-electron chi connectivity index (χ2n) is 28.6. The third-order valence-electron chi connectivity index (χ3n) is 19.7. The summed E-state index contributed by atoms with van der Waals surface area (Å²) >= 11 is 0. The molecule has 20 N–H and O–H groups in total. The largest absolute Gasteiger partial charge is 0.481 e. The Bertz CT molecular complexity index is 3870. The number of nitrogens with one attached hydrogen (secondary N) is 11. The van der Waals surface area contributed by atoms with Gasteiger partial charge in [-0.3, -0.25) is 81.5 Å². The van der Waals surface area contributed by atoms with Gasteiger partial charge < -0.3 is 95.4 Å². The maximum Gasteiger partial charge on any atom is 0.329 e. The molecule has 5 rings (SSSR count). The van der Waals surface area contributed by atoms with E-state index < -0.39 is 255 Å². The average molecular weight is 1560 g/mol. The number of cyclic esters (lactones) is 1. The van der Waals surface area contributed by atoms with Crippen LogP contribution in [-0.2, 0) is 92.7 Å². The van der Waals surface area contributed by atoms with Gasteiger partial charge in [0.05, 0.1) is 44.6 Å². The molecule has 0 bridgehead atoms. The van der Waals surface area contributed by atoms with E-state index in [1.807, 2.05) is 12.1 Å². The van der Waals surface area contributed by atoms with Gasteiger partial charge in [0.15, 0.2) is 23.1 Å². The highest BCUT2D eigenvalue weighted by atomic mass is 16.5. The number of aliphatic hydroxyl groups excluding tert-OH is 1. The van der Waals surface area contributed by atoms with Crippen LogP contribution in [0.2, 0.25) is 0 Å². The minimum atomic E-state index is -2.16. The lowest BCUT2D eigenvalue weighted by atomic mass is 9.79. The fraction of sp³-hybridized carbons (Fsp3) is 0.573. The van der Waals surface area contributed by atoms with Gasteiger partial charge in [-0.1, -0.05) is 83.7 Å². The van der Waals surface area contributed by atoms with Crippen LogP contribution in [0.3, 0.4) is 0 Å². The van der Waals surface area contributed by atoms with Gasteiger partial charge in [-0.2, -0.15) is 0 Å². The third kappa shape index (κ3) is 29.0. The van der Waals surface area contributed by atoms with Crippen LogP contribution < -0.4 is 70.4 Å². The molecule has 3 aromatic rings. The zero-order valence-electron chi connectivity index (χ0n) is 63.2. The lowest BCUT2D eigenvalue weighted by Gasteiger charge is -2.30. The van der Waals surface area contributed by atoms with Gasteiger partial charge in [-0.25, -0.2) is 4.79 Å². The Labute approximate surface area is 641 Å². The highest BCUT2D eigenvalue weighted by Gasteiger charge is 2.41. The minimum Gasteiger partial charge on any atom is -0.481 e. The summed E-state index contributed by atoms with van der Waals surface area (Å²) < 4.78 is 5.79. The van der Waals surface area contributed by atoms with E-state index in [0.717, 1.165) is 56.4 Å². The maximum atomic E-state index is 14.8. The predicted octanol–water partition coefficient (Wildman–Crippen LogP) is -1.01. The van der Waals surface area contributed by atoms with Crippen molar-refractivity contribution in [3.05, 3.63) is 65.9 Å². The van der Waals surface area contributed by atoms with Gasteiger partial charge in [-0.05, 0) is 94.5 Å². The molecule has 0 spiro atoms. The molecule has 1 aliphatic carbocycles. The molecule has 1 aliphatic heterocycles. The van der Waals surface area contributed by atoms with Gasteiger partial charge in [0.25, 0.3) is 0 Å². The number of aromatic amines is 1. The van der Waals surface area contributed by atoms with Crippen molar-refractivity contribution < 1.29 is 106 Å². The van der Waals surface area contributed by atoms with Gasteiger partial charge in [0.1, 0.15) is 42.4 Å². The monoisotopic (exact) mass is 1550 g/mol. The fourth-order valence-corrected chi connectivity index (χ4v) is 13.1. The molecule has 111 heavy (non-hydrogen) atoms. The van der Waals surface area contributed by atoms with E-state index in [1.165, 1.54) is 52.0 Å². The third-order valence-corrected chi connectivity index (χ3v) is 19.7. The van der Waals surface area contributed by atoms with Gasteiger partial charge >= 0.3 is 17.9 Å². The number of Topliss-reactive ketones (excluding diaryl/α,β-unsaturated/α-hetero) is 4. The molecule has 0 radical (unpaired) electrons. The first-order valence-electron chi connectivity index (χ1n) is 37.2. The first-order valence-corrected chi connectivity index (χ1v) is 37.2. The Morgan fingerprint density at radius 1 is 0.631 bits per heavy atom. The van der Waals surface area contributed by atoms with Crippen molar-refractivity contribution in [2.75, 3.05) is 32.0 Å². The van der Waals surface area contributed by atoms with Crippen LogP contribution in [0.1, 0.15) is 167 Å². The number of para-hydroxylation sites is 2. The smallest absolute Gasteiger partial charge is 0.329 e. The number of carbonyl (C=O) groups excluding carboxylic acids is 16. The van der Waals surface area contributed by atoms with Gasteiger partial charge in [0.2, 0.25) is 65.0 Å². The van der Waals surface area contributed by atoms with E-state index in [0.29, 0.717) is 24.3 Å². The number of carboxylic acids is 2. The average Bonchev–Trinajstić information content (AvgIpc) is 1.77. The number of nitrogens with two attached hydrogens (primary N) is 3. The molecule has 0 unspecified atom stereocenters. The number of nitrogen functional groups attached to an aromatic ring is 1. The van der Waals surface area contributed by atoms with Crippen LogP contribution in [0.4, 0.5) is 5.69 Å². The number of amides is 11. The zero-order chi connectivity index (χ0) is 82.3. The van der Waals surface area contributed by atoms with Crippen molar-refractivity contribution in [3.8, 4) is 0 Å². The number of hydrogen-bond donors (Lipinski definition) is 17. The van der Waals surface area contributed by atoms with Crippen LogP contribution in [0.15, 0.2) is 54.7 Å². The van der Waals surface area contributed by atoms with Crippen LogP contribution in [0.25, 0.3) is 10.9 Å². The lowest BCUT2D eigenvalue weighted by Crippen LogP contribution is -2.58. The number of anilines is 1. The summed E-state index contributed by atoms with van der Waals surface area (Å²) in [6.07, 6.45) is 0.219. The van der Waals surface area contributed by atoms with Crippen molar-refractivity contribution >= 4 is 123 Å². The number of hydrogen-bond acceptors (Lipinski definition) is 22. The number of ketones is 4. The van der Waals surface area contributed by atoms with E-state index in [1.54, 1.807) is 18.3 Å². The van der Waals surface area contributed by atoms with Crippen molar-refractivity contribution in [2.45, 2.75) is 212 Å². The van der Waals surface area contributed by atoms with Crippen molar-refractivity contribution in [1.82, 2.24) is 58.2 Å². The predicted molar refractivity (Wildman–Crippen MR) is 398 cm³/mol. The summed E-state index contributed by atoms with van der Waals surface area (Å²) in [5.41, 5.74) is 18.6. The van der Waals surface area contributed by atoms with Crippen LogP contribution in [-0.4, -0.2) is 207 Å². The summed E-state index contributed by atoms with van der Waals surface area (Å²) in [4.78, 5) is 252. The second kappa shape index (κ2) is 44.6. The first-order chi connectivity index (χ1) is 52.5. The number of aromatic nitrogens is 1. The summed E-state index contributed by atoms with van der Waals surface area (Å²) in [6, 6.07) is -1.42. The quantitative estimate of drug-likeness (QED) is 0.0171. The Morgan fingerprint density at radius 2 is 1.26 bits per heavy atom. The molecule has 13 atom stereocenters. The molecule has 2 fully saturated rings. The fourth-order valence-electron chi connectivity index (χ4n) is 13.1. The van der Waals surface area contributed by atoms with E-state index >= 15 is 0 Å². The molecule has 1 saturated carbocycles. The summed E-state index contributed by atoms with van der Waals surface area (Å²) in [7, 11) is 0. The number of aliphatic hydroxyl groups is 1.